The summed E-state index contributed by atoms with van der Waals surface area (Å²) in [6, 6.07) is 8.28. The Morgan fingerprint density at radius 3 is 2.28 bits per heavy atom. The summed E-state index contributed by atoms with van der Waals surface area (Å²) in [5.74, 6) is -0.0797. The molecule has 3 N–H and O–H groups in total. The maximum absolute atomic E-state index is 11.9. The van der Waals surface area contributed by atoms with Gasteiger partial charge in [-0.05, 0) is 30.9 Å². The van der Waals surface area contributed by atoms with E-state index in [4.69, 9.17) is 5.73 Å². The van der Waals surface area contributed by atoms with Gasteiger partial charge in [0.25, 0.3) is 0 Å². The standard InChI is InChI=1S/C15H24N2O/c1-4-10-15(3,16)14(18)17-11-13-8-6-12(5-2)7-9-13/h6-9H,4-5,10-11,16H2,1-3H3,(H,17,18). The van der Waals surface area contributed by atoms with E-state index in [1.165, 1.54) is 5.56 Å². The number of hydrogen-bond donors (Lipinski definition) is 2. The second-order valence-electron chi connectivity index (χ2n) is 5.02. The number of carbonyl (C=O) groups excluding carboxylic acids is 1. The second kappa shape index (κ2) is 6.55. The zero-order valence-electron chi connectivity index (χ0n) is 11.6. The maximum atomic E-state index is 11.9. The van der Waals surface area contributed by atoms with Crippen molar-refractivity contribution in [2.45, 2.75) is 52.1 Å². The van der Waals surface area contributed by atoms with Gasteiger partial charge in [-0.2, -0.15) is 0 Å². The molecule has 3 heteroatoms. The number of aryl methyl sites for hydroxylation is 1. The molecule has 1 atom stereocenters. The number of nitrogens with one attached hydrogen (secondary N) is 1. The molecule has 100 valence electrons. The van der Waals surface area contributed by atoms with E-state index >= 15 is 0 Å². The topological polar surface area (TPSA) is 55.1 Å². The predicted molar refractivity (Wildman–Crippen MR) is 75.2 cm³/mol. The van der Waals surface area contributed by atoms with Gasteiger partial charge in [0.2, 0.25) is 5.91 Å². The van der Waals surface area contributed by atoms with E-state index < -0.39 is 5.54 Å². The maximum Gasteiger partial charge on any atom is 0.240 e. The molecule has 0 heterocycles. The summed E-state index contributed by atoms with van der Waals surface area (Å²) >= 11 is 0. The summed E-state index contributed by atoms with van der Waals surface area (Å²) < 4.78 is 0. The predicted octanol–water partition coefficient (Wildman–Crippen LogP) is 2.38. The minimum atomic E-state index is -0.766. The monoisotopic (exact) mass is 248 g/mol. The Balaban J connectivity index is 2.51. The van der Waals surface area contributed by atoms with E-state index in [1.54, 1.807) is 6.92 Å². The molecule has 1 amide bonds. The zero-order valence-corrected chi connectivity index (χ0v) is 11.6. The van der Waals surface area contributed by atoms with Crippen molar-refractivity contribution in [3.63, 3.8) is 0 Å². The highest BCUT2D eigenvalue weighted by Crippen LogP contribution is 2.09. The summed E-state index contributed by atoms with van der Waals surface area (Å²) in [4.78, 5) is 11.9. The van der Waals surface area contributed by atoms with E-state index in [0.29, 0.717) is 13.0 Å². The van der Waals surface area contributed by atoms with Gasteiger partial charge in [0.1, 0.15) is 0 Å². The Hall–Kier alpha value is -1.35. The van der Waals surface area contributed by atoms with Gasteiger partial charge in [-0.1, -0.05) is 44.5 Å². The second-order valence-corrected chi connectivity index (χ2v) is 5.02. The van der Waals surface area contributed by atoms with Crippen LogP contribution in [0.1, 0.15) is 44.7 Å². The van der Waals surface area contributed by atoms with Crippen LogP contribution < -0.4 is 11.1 Å². The van der Waals surface area contributed by atoms with Crippen LogP contribution >= 0.6 is 0 Å². The molecule has 0 fully saturated rings. The lowest BCUT2D eigenvalue weighted by Gasteiger charge is -2.22. The van der Waals surface area contributed by atoms with Crippen molar-refractivity contribution in [2.75, 3.05) is 0 Å². The fourth-order valence-electron chi connectivity index (χ4n) is 1.91. The molecule has 0 saturated heterocycles. The van der Waals surface area contributed by atoms with Crippen LogP contribution in [0.15, 0.2) is 24.3 Å². The number of nitrogens with two attached hydrogens (primary N) is 1. The molecule has 0 saturated carbocycles. The quantitative estimate of drug-likeness (QED) is 0.812. The summed E-state index contributed by atoms with van der Waals surface area (Å²) in [5, 5.41) is 2.90. The summed E-state index contributed by atoms with van der Waals surface area (Å²) in [5.41, 5.74) is 7.61. The largest absolute Gasteiger partial charge is 0.350 e. The number of hydrogen-bond acceptors (Lipinski definition) is 2. The van der Waals surface area contributed by atoms with Crippen molar-refractivity contribution < 1.29 is 4.79 Å². The molecule has 0 radical (unpaired) electrons. The third kappa shape index (κ3) is 4.15. The third-order valence-electron chi connectivity index (χ3n) is 3.17. The lowest BCUT2D eigenvalue weighted by atomic mass is 9.96. The third-order valence-corrected chi connectivity index (χ3v) is 3.17. The normalized spacial score (nSPS) is 14.0. The molecule has 1 rings (SSSR count). The van der Waals surface area contributed by atoms with Crippen LogP contribution in [0, 0.1) is 0 Å². The van der Waals surface area contributed by atoms with Crippen LogP contribution in [-0.4, -0.2) is 11.4 Å². The fraction of sp³-hybridized carbons (Fsp3) is 0.533. The first-order chi connectivity index (χ1) is 8.49. The van der Waals surface area contributed by atoms with Gasteiger partial charge in [-0.15, -0.1) is 0 Å². The molecular formula is C15H24N2O. The van der Waals surface area contributed by atoms with Crippen LogP contribution in [0.25, 0.3) is 0 Å². The van der Waals surface area contributed by atoms with Crippen LogP contribution in [0.5, 0.6) is 0 Å². The first-order valence-corrected chi connectivity index (χ1v) is 6.64. The number of benzene rings is 1. The van der Waals surface area contributed by atoms with Gasteiger partial charge in [0, 0.05) is 6.54 Å². The van der Waals surface area contributed by atoms with E-state index in [2.05, 4.69) is 24.4 Å². The fourth-order valence-corrected chi connectivity index (χ4v) is 1.91. The van der Waals surface area contributed by atoms with Crippen molar-refractivity contribution in [3.05, 3.63) is 35.4 Å². The highest BCUT2D eigenvalue weighted by Gasteiger charge is 2.26. The van der Waals surface area contributed by atoms with Crippen molar-refractivity contribution >= 4 is 5.91 Å². The van der Waals surface area contributed by atoms with Crippen LogP contribution in [0.2, 0.25) is 0 Å². The number of amides is 1. The molecule has 1 aromatic rings. The lowest BCUT2D eigenvalue weighted by molar-refractivity contribution is -0.126. The van der Waals surface area contributed by atoms with Gasteiger partial charge in [0.15, 0.2) is 0 Å². The lowest BCUT2D eigenvalue weighted by Crippen LogP contribution is -2.51. The SMILES string of the molecule is CCCC(C)(N)C(=O)NCc1ccc(CC)cc1. The molecule has 0 spiro atoms. The van der Waals surface area contributed by atoms with Crippen molar-refractivity contribution in [3.8, 4) is 0 Å². The Morgan fingerprint density at radius 2 is 1.78 bits per heavy atom. The number of carbonyl (C=O) groups is 1. The Kier molecular flexibility index (Phi) is 5.35. The summed E-state index contributed by atoms with van der Waals surface area (Å²) in [7, 11) is 0. The number of rotatable bonds is 6. The molecule has 0 bridgehead atoms. The van der Waals surface area contributed by atoms with Gasteiger partial charge >= 0.3 is 0 Å². The van der Waals surface area contributed by atoms with Crippen LogP contribution in [-0.2, 0) is 17.8 Å². The molecule has 0 aliphatic heterocycles. The molecule has 3 nitrogen and oxygen atoms in total. The van der Waals surface area contributed by atoms with Gasteiger partial charge < -0.3 is 11.1 Å². The zero-order chi connectivity index (χ0) is 13.6. The smallest absolute Gasteiger partial charge is 0.240 e. The van der Waals surface area contributed by atoms with Crippen molar-refractivity contribution in [1.29, 1.82) is 0 Å². The van der Waals surface area contributed by atoms with Crippen molar-refractivity contribution in [1.82, 2.24) is 5.32 Å². The highest BCUT2D eigenvalue weighted by molar-refractivity contribution is 5.85. The summed E-state index contributed by atoms with van der Waals surface area (Å²) in [6.07, 6.45) is 2.64. The molecule has 1 unspecified atom stereocenters. The van der Waals surface area contributed by atoms with Crippen molar-refractivity contribution in [2.24, 2.45) is 5.73 Å². The minimum absolute atomic E-state index is 0.0797. The first kappa shape index (κ1) is 14.7. The Labute approximate surface area is 110 Å². The van der Waals surface area contributed by atoms with E-state index in [1.807, 2.05) is 19.1 Å². The molecular weight excluding hydrogens is 224 g/mol. The molecule has 1 aromatic carbocycles. The van der Waals surface area contributed by atoms with Gasteiger partial charge in [0.05, 0.1) is 5.54 Å². The van der Waals surface area contributed by atoms with Crippen LogP contribution in [0.4, 0.5) is 0 Å². The molecule has 0 aliphatic carbocycles. The minimum Gasteiger partial charge on any atom is -0.350 e. The Morgan fingerprint density at radius 1 is 1.22 bits per heavy atom. The van der Waals surface area contributed by atoms with E-state index in [9.17, 15) is 4.79 Å². The molecule has 0 aromatic heterocycles. The molecule has 18 heavy (non-hydrogen) atoms. The first-order valence-electron chi connectivity index (χ1n) is 6.64. The molecule has 0 aliphatic rings. The summed E-state index contributed by atoms with van der Waals surface area (Å²) in [6.45, 7) is 6.48. The average Bonchev–Trinajstić information content (AvgIpc) is 2.36. The van der Waals surface area contributed by atoms with Gasteiger partial charge in [-0.25, -0.2) is 0 Å². The van der Waals surface area contributed by atoms with Gasteiger partial charge in [-0.3, -0.25) is 4.79 Å². The highest BCUT2D eigenvalue weighted by atomic mass is 16.2. The average molecular weight is 248 g/mol. The van der Waals surface area contributed by atoms with E-state index in [-0.39, 0.29) is 5.91 Å². The van der Waals surface area contributed by atoms with Crippen LogP contribution in [0.3, 0.4) is 0 Å². The van der Waals surface area contributed by atoms with E-state index in [0.717, 1.165) is 18.4 Å². The Bertz CT molecular complexity index is 382.